The molecule has 0 aliphatic carbocycles. The smallest absolute Gasteiger partial charge is 0.169 e. The molecule has 0 unspecified atom stereocenters. The predicted octanol–water partition coefficient (Wildman–Crippen LogP) is 2.08. The first-order valence-electron chi connectivity index (χ1n) is 3.59. The van der Waals surface area contributed by atoms with Crippen molar-refractivity contribution in [2.75, 3.05) is 5.73 Å². The van der Waals surface area contributed by atoms with Gasteiger partial charge in [-0.1, -0.05) is 0 Å². The van der Waals surface area contributed by atoms with Crippen LogP contribution in [0, 0.1) is 0 Å². The number of anilines is 1. The minimum atomic E-state index is 0.567. The first-order chi connectivity index (χ1) is 6.25. The number of hydrogen-bond acceptors (Lipinski definition) is 4. The number of halogens is 1. The first kappa shape index (κ1) is 8.25. The van der Waals surface area contributed by atoms with Gasteiger partial charge >= 0.3 is 0 Å². The fraction of sp³-hybridized carbons (Fsp3) is 0. The maximum absolute atomic E-state index is 5.55. The lowest BCUT2D eigenvalue weighted by Gasteiger charge is -1.94. The van der Waals surface area contributed by atoms with Crippen molar-refractivity contribution in [2.24, 2.45) is 0 Å². The van der Waals surface area contributed by atoms with E-state index in [1.165, 1.54) is 6.20 Å². The van der Waals surface area contributed by atoms with E-state index in [1.807, 2.05) is 0 Å². The van der Waals surface area contributed by atoms with Gasteiger partial charge in [-0.05, 0) is 34.1 Å². The molecule has 0 atom stereocenters. The summed E-state index contributed by atoms with van der Waals surface area (Å²) in [5.74, 6) is 0.645. The van der Waals surface area contributed by atoms with Gasteiger partial charge in [0.15, 0.2) is 10.4 Å². The standard InChI is InChI=1S/C8H6BrN3O/c9-8-2-1-7(13-8)6-3-5(10)4-11-12-6/h1-4H,(H2,10,12). The van der Waals surface area contributed by atoms with Crippen molar-refractivity contribution < 1.29 is 4.42 Å². The van der Waals surface area contributed by atoms with Gasteiger partial charge in [0.25, 0.3) is 0 Å². The Labute approximate surface area is 82.9 Å². The van der Waals surface area contributed by atoms with Crippen molar-refractivity contribution >= 4 is 21.6 Å². The van der Waals surface area contributed by atoms with Gasteiger partial charge < -0.3 is 10.2 Å². The second-order valence-electron chi connectivity index (χ2n) is 2.48. The van der Waals surface area contributed by atoms with Crippen molar-refractivity contribution in [3.05, 3.63) is 29.1 Å². The summed E-state index contributed by atoms with van der Waals surface area (Å²) in [6, 6.07) is 5.30. The molecule has 2 rings (SSSR count). The maximum Gasteiger partial charge on any atom is 0.169 e. The molecule has 0 aliphatic rings. The van der Waals surface area contributed by atoms with Gasteiger partial charge in [-0.3, -0.25) is 0 Å². The SMILES string of the molecule is Nc1cnnc(-c2ccc(Br)o2)c1. The summed E-state index contributed by atoms with van der Waals surface area (Å²) in [5.41, 5.74) is 6.74. The molecule has 0 fully saturated rings. The Bertz CT molecular complexity index is 427. The van der Waals surface area contributed by atoms with Crippen LogP contribution in [0.2, 0.25) is 0 Å². The summed E-state index contributed by atoms with van der Waals surface area (Å²) in [6.07, 6.45) is 1.49. The average Bonchev–Trinajstić information content (AvgIpc) is 2.52. The minimum absolute atomic E-state index is 0.567. The van der Waals surface area contributed by atoms with Gasteiger partial charge in [0.05, 0.1) is 11.9 Å². The monoisotopic (exact) mass is 239 g/mol. The van der Waals surface area contributed by atoms with E-state index in [0.717, 1.165) is 0 Å². The molecule has 0 radical (unpaired) electrons. The largest absolute Gasteiger partial charge is 0.448 e. The summed E-state index contributed by atoms with van der Waals surface area (Å²) in [4.78, 5) is 0. The topological polar surface area (TPSA) is 64.9 Å². The lowest BCUT2D eigenvalue weighted by atomic mass is 10.3. The zero-order chi connectivity index (χ0) is 9.26. The number of rotatable bonds is 1. The molecule has 13 heavy (non-hydrogen) atoms. The Hall–Kier alpha value is -1.36. The van der Waals surface area contributed by atoms with Gasteiger partial charge in [-0.2, -0.15) is 5.10 Å². The highest BCUT2D eigenvalue weighted by Gasteiger charge is 2.04. The van der Waals surface area contributed by atoms with E-state index in [9.17, 15) is 0 Å². The summed E-state index contributed by atoms with van der Waals surface area (Å²) in [5, 5.41) is 7.60. The fourth-order valence-electron chi connectivity index (χ4n) is 0.954. The maximum atomic E-state index is 5.55. The van der Waals surface area contributed by atoms with Crippen molar-refractivity contribution in [2.45, 2.75) is 0 Å². The van der Waals surface area contributed by atoms with Crippen LogP contribution < -0.4 is 5.73 Å². The third-order valence-electron chi connectivity index (χ3n) is 1.50. The van der Waals surface area contributed by atoms with Gasteiger partial charge in [-0.25, -0.2) is 0 Å². The molecule has 0 bridgehead atoms. The second kappa shape index (κ2) is 3.18. The van der Waals surface area contributed by atoms with Crippen LogP contribution in [0.3, 0.4) is 0 Å². The zero-order valence-corrected chi connectivity index (χ0v) is 8.15. The molecule has 0 saturated heterocycles. The van der Waals surface area contributed by atoms with Crippen LogP contribution in [0.4, 0.5) is 5.69 Å². The Balaban J connectivity index is 2.46. The van der Waals surface area contributed by atoms with Crippen LogP contribution in [0.25, 0.3) is 11.5 Å². The molecule has 2 N–H and O–H groups in total. The van der Waals surface area contributed by atoms with E-state index in [2.05, 4.69) is 26.1 Å². The van der Waals surface area contributed by atoms with Crippen LogP contribution >= 0.6 is 15.9 Å². The third kappa shape index (κ3) is 1.70. The molecule has 0 aromatic carbocycles. The molecule has 2 aromatic heterocycles. The van der Waals surface area contributed by atoms with Gasteiger partial charge in [-0.15, -0.1) is 5.10 Å². The summed E-state index contributed by atoms with van der Waals surface area (Å²) in [6.45, 7) is 0. The Morgan fingerprint density at radius 2 is 2.23 bits per heavy atom. The van der Waals surface area contributed by atoms with E-state index >= 15 is 0 Å². The average molecular weight is 240 g/mol. The first-order valence-corrected chi connectivity index (χ1v) is 4.39. The van der Waals surface area contributed by atoms with Crippen molar-refractivity contribution in [1.29, 1.82) is 0 Å². The second-order valence-corrected chi connectivity index (χ2v) is 3.26. The summed E-state index contributed by atoms with van der Waals surface area (Å²) in [7, 11) is 0. The van der Waals surface area contributed by atoms with Crippen LogP contribution in [-0.4, -0.2) is 10.2 Å². The summed E-state index contributed by atoms with van der Waals surface area (Å²) < 4.78 is 5.94. The Kier molecular flexibility index (Phi) is 2.02. The number of aromatic nitrogens is 2. The number of nitrogens with two attached hydrogens (primary N) is 1. The number of furan rings is 1. The van der Waals surface area contributed by atoms with Gasteiger partial charge in [0, 0.05) is 0 Å². The van der Waals surface area contributed by atoms with Crippen molar-refractivity contribution in [1.82, 2.24) is 10.2 Å². The van der Waals surface area contributed by atoms with Crippen LogP contribution in [0.15, 0.2) is 33.5 Å². The lowest BCUT2D eigenvalue weighted by Crippen LogP contribution is -1.90. The highest BCUT2D eigenvalue weighted by molar-refractivity contribution is 9.10. The molecule has 2 aromatic rings. The van der Waals surface area contributed by atoms with Crippen LogP contribution in [0.1, 0.15) is 0 Å². The van der Waals surface area contributed by atoms with E-state index in [0.29, 0.717) is 21.8 Å². The highest BCUT2D eigenvalue weighted by atomic mass is 79.9. The fourth-order valence-corrected chi connectivity index (χ4v) is 1.26. The molecule has 5 heteroatoms. The third-order valence-corrected chi connectivity index (χ3v) is 1.93. The van der Waals surface area contributed by atoms with Crippen LogP contribution in [-0.2, 0) is 0 Å². The molecular weight excluding hydrogens is 234 g/mol. The molecule has 0 saturated carbocycles. The van der Waals surface area contributed by atoms with E-state index in [4.69, 9.17) is 10.2 Å². The normalized spacial score (nSPS) is 10.2. The highest BCUT2D eigenvalue weighted by Crippen LogP contribution is 2.23. The molecular formula is C8H6BrN3O. The number of hydrogen-bond donors (Lipinski definition) is 1. The number of nitrogens with zero attached hydrogens (tertiary/aromatic N) is 2. The quantitative estimate of drug-likeness (QED) is 0.828. The van der Waals surface area contributed by atoms with E-state index in [1.54, 1.807) is 18.2 Å². The molecule has 66 valence electrons. The van der Waals surface area contributed by atoms with Gasteiger partial charge in [0.1, 0.15) is 5.69 Å². The van der Waals surface area contributed by atoms with Crippen molar-refractivity contribution in [3.8, 4) is 11.5 Å². The minimum Gasteiger partial charge on any atom is -0.448 e. The molecule has 0 aliphatic heterocycles. The summed E-state index contributed by atoms with van der Waals surface area (Å²) >= 11 is 3.20. The Morgan fingerprint density at radius 1 is 1.38 bits per heavy atom. The zero-order valence-electron chi connectivity index (χ0n) is 6.57. The van der Waals surface area contributed by atoms with Crippen LogP contribution in [0.5, 0.6) is 0 Å². The molecule has 0 spiro atoms. The molecule has 0 amide bonds. The molecule has 4 nitrogen and oxygen atoms in total. The van der Waals surface area contributed by atoms with Gasteiger partial charge in [0.2, 0.25) is 0 Å². The van der Waals surface area contributed by atoms with E-state index < -0.39 is 0 Å². The number of nitrogen functional groups attached to an aromatic ring is 1. The lowest BCUT2D eigenvalue weighted by molar-refractivity contribution is 0.553. The Morgan fingerprint density at radius 3 is 2.85 bits per heavy atom. The predicted molar refractivity (Wildman–Crippen MR) is 51.8 cm³/mol. The van der Waals surface area contributed by atoms with E-state index in [-0.39, 0.29) is 0 Å². The van der Waals surface area contributed by atoms with Crippen molar-refractivity contribution in [3.63, 3.8) is 0 Å². The molecule has 2 heterocycles.